The third-order valence-electron chi connectivity index (χ3n) is 2.33. The van der Waals surface area contributed by atoms with Gasteiger partial charge in [-0.05, 0) is 17.7 Å². The molecule has 0 heterocycles. The monoisotopic (exact) mass is 272 g/mol. The number of primary sulfonamides is 1. The number of carbonyl (C=O) groups is 1. The van der Waals surface area contributed by atoms with Gasteiger partial charge >= 0.3 is 0 Å². The number of carbonyl (C=O) groups excluding carboxylic acids is 1. The number of benzene rings is 1. The SMILES string of the molecule is COCc1ccc(C(=O)N(C)C)cc1S(N)(=O)=O. The van der Waals surface area contributed by atoms with E-state index in [0.717, 1.165) is 0 Å². The van der Waals surface area contributed by atoms with Gasteiger partial charge in [0.25, 0.3) is 5.91 Å². The van der Waals surface area contributed by atoms with Crippen molar-refractivity contribution in [3.63, 3.8) is 0 Å². The minimum absolute atomic E-state index is 0.0861. The van der Waals surface area contributed by atoms with Crippen LogP contribution in [-0.4, -0.2) is 40.4 Å². The zero-order valence-electron chi connectivity index (χ0n) is 10.5. The third kappa shape index (κ3) is 3.28. The molecule has 18 heavy (non-hydrogen) atoms. The number of sulfonamides is 1. The Morgan fingerprint density at radius 1 is 1.39 bits per heavy atom. The van der Waals surface area contributed by atoms with Gasteiger partial charge in [-0.25, -0.2) is 13.6 Å². The summed E-state index contributed by atoms with van der Waals surface area (Å²) in [5.41, 5.74) is 0.694. The molecule has 0 aliphatic heterocycles. The molecule has 1 aromatic rings. The lowest BCUT2D eigenvalue weighted by molar-refractivity contribution is 0.0827. The van der Waals surface area contributed by atoms with Gasteiger partial charge in [0, 0.05) is 26.8 Å². The Bertz CT molecular complexity index is 552. The Morgan fingerprint density at radius 3 is 2.44 bits per heavy atom. The standard InChI is InChI=1S/C11H16N2O4S/c1-13(2)11(14)8-4-5-9(7-17-3)10(6-8)18(12,15)16/h4-6H,7H2,1-3H3,(H2,12,15,16). The average Bonchev–Trinajstić information content (AvgIpc) is 2.27. The number of nitrogens with zero attached hydrogens (tertiary/aromatic N) is 1. The van der Waals surface area contributed by atoms with E-state index in [2.05, 4.69) is 0 Å². The highest BCUT2D eigenvalue weighted by molar-refractivity contribution is 7.89. The number of ether oxygens (including phenoxy) is 1. The molecule has 7 heteroatoms. The Hall–Kier alpha value is -1.44. The summed E-state index contributed by atoms with van der Waals surface area (Å²) < 4.78 is 27.8. The minimum Gasteiger partial charge on any atom is -0.380 e. The molecule has 0 unspecified atom stereocenters. The first-order valence-corrected chi connectivity index (χ1v) is 6.68. The summed E-state index contributed by atoms with van der Waals surface area (Å²) in [7, 11) is 0.733. The van der Waals surface area contributed by atoms with Crippen LogP contribution in [0.3, 0.4) is 0 Å². The molecule has 0 saturated heterocycles. The van der Waals surface area contributed by atoms with Crippen LogP contribution in [0.15, 0.2) is 23.1 Å². The van der Waals surface area contributed by atoms with E-state index in [0.29, 0.717) is 5.56 Å². The summed E-state index contributed by atoms with van der Waals surface area (Å²) in [6.07, 6.45) is 0. The quantitative estimate of drug-likeness (QED) is 0.846. The second-order valence-corrected chi connectivity index (χ2v) is 5.53. The van der Waals surface area contributed by atoms with Crippen molar-refractivity contribution in [2.75, 3.05) is 21.2 Å². The van der Waals surface area contributed by atoms with Gasteiger partial charge in [0.05, 0.1) is 11.5 Å². The second kappa shape index (κ2) is 5.47. The first-order valence-electron chi connectivity index (χ1n) is 5.13. The Kier molecular flexibility index (Phi) is 4.44. The molecule has 2 N–H and O–H groups in total. The van der Waals surface area contributed by atoms with Crippen LogP contribution in [0.25, 0.3) is 0 Å². The van der Waals surface area contributed by atoms with E-state index in [1.54, 1.807) is 20.2 Å². The van der Waals surface area contributed by atoms with Crippen molar-refractivity contribution in [1.82, 2.24) is 4.90 Å². The molecule has 1 aromatic carbocycles. The van der Waals surface area contributed by atoms with Gasteiger partial charge in [-0.2, -0.15) is 0 Å². The number of nitrogens with two attached hydrogens (primary N) is 1. The normalized spacial score (nSPS) is 11.3. The largest absolute Gasteiger partial charge is 0.380 e. The maximum atomic E-state index is 11.8. The molecular weight excluding hydrogens is 256 g/mol. The topological polar surface area (TPSA) is 89.7 Å². The van der Waals surface area contributed by atoms with Gasteiger partial charge in [-0.15, -0.1) is 0 Å². The highest BCUT2D eigenvalue weighted by Gasteiger charge is 2.17. The fraction of sp³-hybridized carbons (Fsp3) is 0.364. The maximum Gasteiger partial charge on any atom is 0.253 e. The molecule has 0 aliphatic carbocycles. The molecule has 0 fully saturated rings. The smallest absolute Gasteiger partial charge is 0.253 e. The van der Waals surface area contributed by atoms with E-state index in [-0.39, 0.29) is 23.0 Å². The van der Waals surface area contributed by atoms with Crippen LogP contribution in [0.1, 0.15) is 15.9 Å². The fourth-order valence-corrected chi connectivity index (χ4v) is 2.27. The summed E-state index contributed by atoms with van der Waals surface area (Å²) in [5, 5.41) is 5.12. The second-order valence-electron chi connectivity index (χ2n) is 4.00. The molecule has 1 amide bonds. The fourth-order valence-electron chi connectivity index (χ4n) is 1.49. The van der Waals surface area contributed by atoms with Crippen LogP contribution >= 0.6 is 0 Å². The number of rotatable bonds is 4. The van der Waals surface area contributed by atoms with Gasteiger partial charge in [-0.1, -0.05) is 6.07 Å². The molecule has 0 radical (unpaired) electrons. The Morgan fingerprint density at radius 2 is 2.00 bits per heavy atom. The Labute approximate surface area is 106 Å². The number of hydrogen-bond donors (Lipinski definition) is 1. The van der Waals surface area contributed by atoms with Crippen LogP contribution in [0.2, 0.25) is 0 Å². The molecule has 0 spiro atoms. The molecular formula is C11H16N2O4S. The molecule has 1 rings (SSSR count). The lowest BCUT2D eigenvalue weighted by atomic mass is 10.1. The van der Waals surface area contributed by atoms with Gasteiger partial charge < -0.3 is 9.64 Å². The predicted octanol–water partition coefficient (Wildman–Crippen LogP) is 0.182. The average molecular weight is 272 g/mol. The molecule has 0 bridgehead atoms. The predicted molar refractivity (Wildman–Crippen MR) is 66.5 cm³/mol. The van der Waals surface area contributed by atoms with Crippen LogP contribution in [0, 0.1) is 0 Å². The van der Waals surface area contributed by atoms with Crippen molar-refractivity contribution in [2.24, 2.45) is 5.14 Å². The van der Waals surface area contributed by atoms with Crippen molar-refractivity contribution in [3.05, 3.63) is 29.3 Å². The van der Waals surface area contributed by atoms with E-state index in [4.69, 9.17) is 9.88 Å². The van der Waals surface area contributed by atoms with E-state index in [1.165, 1.54) is 24.1 Å². The van der Waals surface area contributed by atoms with E-state index in [1.807, 2.05) is 0 Å². The summed E-state index contributed by atoms with van der Waals surface area (Å²) in [5.74, 6) is -0.288. The highest BCUT2D eigenvalue weighted by Crippen LogP contribution is 2.18. The van der Waals surface area contributed by atoms with Crippen LogP contribution in [0.4, 0.5) is 0 Å². The van der Waals surface area contributed by atoms with Crippen molar-refractivity contribution in [2.45, 2.75) is 11.5 Å². The van der Waals surface area contributed by atoms with E-state index < -0.39 is 10.0 Å². The lowest BCUT2D eigenvalue weighted by Gasteiger charge is -2.13. The van der Waals surface area contributed by atoms with Crippen LogP contribution in [-0.2, 0) is 21.4 Å². The zero-order chi connectivity index (χ0) is 13.9. The van der Waals surface area contributed by atoms with Crippen molar-refractivity contribution in [3.8, 4) is 0 Å². The van der Waals surface area contributed by atoms with E-state index in [9.17, 15) is 13.2 Å². The number of amides is 1. The van der Waals surface area contributed by atoms with Gasteiger partial charge in [0.15, 0.2) is 0 Å². The van der Waals surface area contributed by atoms with Crippen molar-refractivity contribution >= 4 is 15.9 Å². The number of hydrogen-bond acceptors (Lipinski definition) is 4. The molecule has 0 atom stereocenters. The van der Waals surface area contributed by atoms with Crippen molar-refractivity contribution < 1.29 is 17.9 Å². The van der Waals surface area contributed by atoms with E-state index >= 15 is 0 Å². The maximum absolute atomic E-state index is 11.8. The first-order chi connectivity index (χ1) is 8.27. The van der Waals surface area contributed by atoms with Crippen molar-refractivity contribution in [1.29, 1.82) is 0 Å². The van der Waals surface area contributed by atoms with Crippen LogP contribution in [0.5, 0.6) is 0 Å². The highest BCUT2D eigenvalue weighted by atomic mass is 32.2. The third-order valence-corrected chi connectivity index (χ3v) is 3.32. The lowest BCUT2D eigenvalue weighted by Crippen LogP contribution is -2.23. The zero-order valence-corrected chi connectivity index (χ0v) is 11.3. The summed E-state index contributed by atoms with van der Waals surface area (Å²) in [6, 6.07) is 4.34. The number of methoxy groups -OCH3 is 1. The summed E-state index contributed by atoms with van der Waals surface area (Å²) in [4.78, 5) is 13.0. The first kappa shape index (κ1) is 14.6. The molecule has 0 aliphatic rings. The van der Waals surface area contributed by atoms with Gasteiger partial charge in [0.1, 0.15) is 0 Å². The van der Waals surface area contributed by atoms with Crippen LogP contribution < -0.4 is 5.14 Å². The van der Waals surface area contributed by atoms with Gasteiger partial charge in [-0.3, -0.25) is 4.79 Å². The molecule has 0 aromatic heterocycles. The molecule has 6 nitrogen and oxygen atoms in total. The molecule has 0 saturated carbocycles. The summed E-state index contributed by atoms with van der Waals surface area (Å²) >= 11 is 0. The minimum atomic E-state index is -3.89. The summed E-state index contributed by atoms with van der Waals surface area (Å²) in [6.45, 7) is 0.113. The molecule has 100 valence electrons. The van der Waals surface area contributed by atoms with Gasteiger partial charge in [0.2, 0.25) is 10.0 Å². The Balaban J connectivity index is 3.35.